The number of carbonyl (C=O) groups is 1. The fourth-order valence-electron chi connectivity index (χ4n) is 4.26. The van der Waals surface area contributed by atoms with Crippen molar-refractivity contribution < 1.29 is 15.0 Å². The van der Waals surface area contributed by atoms with Gasteiger partial charge in [0, 0.05) is 31.3 Å². The molecule has 1 saturated carbocycles. The highest BCUT2D eigenvalue weighted by Crippen LogP contribution is 2.46. The lowest BCUT2D eigenvalue weighted by molar-refractivity contribution is -0.141. The van der Waals surface area contributed by atoms with Crippen LogP contribution in [0.3, 0.4) is 0 Å². The number of piperidine rings is 1. The zero-order chi connectivity index (χ0) is 21.7. The van der Waals surface area contributed by atoms with Crippen molar-refractivity contribution in [3.8, 4) is 0 Å². The summed E-state index contributed by atoms with van der Waals surface area (Å²) in [5, 5.41) is 27.3. The number of likely N-dealkylation sites (tertiary alicyclic amines) is 1. The average Bonchev–Trinajstić information content (AvgIpc) is 3.30. The van der Waals surface area contributed by atoms with Crippen LogP contribution in [0.2, 0.25) is 0 Å². The fourth-order valence-corrected chi connectivity index (χ4v) is 4.26. The molecule has 2 N–H and O–H groups in total. The largest absolute Gasteiger partial charge is 0.481 e. The van der Waals surface area contributed by atoms with Gasteiger partial charge in [-0.3, -0.25) is 9.48 Å². The van der Waals surface area contributed by atoms with Gasteiger partial charge in [0.25, 0.3) is 0 Å². The van der Waals surface area contributed by atoms with E-state index >= 15 is 0 Å². The lowest BCUT2D eigenvalue weighted by atomic mass is 9.79. The van der Waals surface area contributed by atoms with E-state index in [1.165, 1.54) is 25.7 Å². The average molecular weight is 409 g/mol. The number of aromatic nitrogens is 3. The molecule has 0 spiro atoms. The summed E-state index contributed by atoms with van der Waals surface area (Å²) in [6.45, 7) is 14.1. The van der Waals surface area contributed by atoms with Crippen molar-refractivity contribution in [2.24, 2.45) is 16.7 Å². The highest BCUT2D eigenvalue weighted by atomic mass is 16.4. The number of carboxylic acids is 1. The van der Waals surface area contributed by atoms with Gasteiger partial charge in [0.15, 0.2) is 0 Å². The summed E-state index contributed by atoms with van der Waals surface area (Å²) >= 11 is 0. The van der Waals surface area contributed by atoms with E-state index in [1.54, 1.807) is 10.9 Å². The molecule has 1 atom stereocenters. The standard InChI is InChI=1S/C20H34N4O3.C2H6/c1-19(2,3)17(18(26)27)16-12-24(22-21-16)11-6-15-4-9-23(10-5-15)13-20(14-25)7-8-20;1-2/h12,15,17,25H,4-11,13-14H2,1-3H3,(H,26,27);1-2H3. The quantitative estimate of drug-likeness (QED) is 0.685. The van der Waals surface area contributed by atoms with Crippen molar-refractivity contribution in [2.45, 2.75) is 79.2 Å². The first-order valence-corrected chi connectivity index (χ1v) is 11.2. The Morgan fingerprint density at radius 2 is 1.90 bits per heavy atom. The van der Waals surface area contributed by atoms with Crippen LogP contribution in [0.4, 0.5) is 0 Å². The van der Waals surface area contributed by atoms with Gasteiger partial charge in [-0.25, -0.2) is 0 Å². The molecule has 7 nitrogen and oxygen atoms in total. The number of aryl methyl sites for hydroxylation is 1. The molecule has 1 unspecified atom stereocenters. The van der Waals surface area contributed by atoms with Crippen LogP contribution in [0.15, 0.2) is 6.20 Å². The maximum absolute atomic E-state index is 11.6. The third kappa shape index (κ3) is 6.51. The Morgan fingerprint density at radius 3 is 2.38 bits per heavy atom. The zero-order valence-corrected chi connectivity index (χ0v) is 18.9. The first-order valence-electron chi connectivity index (χ1n) is 11.2. The van der Waals surface area contributed by atoms with Gasteiger partial charge in [-0.1, -0.05) is 39.8 Å². The van der Waals surface area contributed by atoms with E-state index in [4.69, 9.17) is 0 Å². The molecule has 1 saturated heterocycles. The second-order valence-corrected chi connectivity index (χ2v) is 9.71. The second kappa shape index (κ2) is 10.0. The SMILES string of the molecule is CC.CC(C)(C)C(C(=O)O)c1cn(CCC2CCN(CC3(CO)CC3)CC2)nn1. The minimum atomic E-state index is -0.849. The van der Waals surface area contributed by atoms with Gasteiger partial charge in [0.05, 0.1) is 5.69 Å². The maximum Gasteiger partial charge on any atom is 0.313 e. The van der Waals surface area contributed by atoms with Crippen LogP contribution >= 0.6 is 0 Å². The Kier molecular flexibility index (Phi) is 8.23. The smallest absolute Gasteiger partial charge is 0.313 e. The molecule has 29 heavy (non-hydrogen) atoms. The van der Waals surface area contributed by atoms with Crippen LogP contribution in [0.25, 0.3) is 0 Å². The predicted octanol–water partition coefficient (Wildman–Crippen LogP) is 3.39. The maximum atomic E-state index is 11.6. The van der Waals surface area contributed by atoms with Crippen molar-refractivity contribution in [1.82, 2.24) is 19.9 Å². The Labute approximate surface area is 175 Å². The molecule has 1 aromatic heterocycles. The summed E-state index contributed by atoms with van der Waals surface area (Å²) < 4.78 is 1.80. The van der Waals surface area contributed by atoms with Crippen molar-refractivity contribution in [3.05, 3.63) is 11.9 Å². The summed E-state index contributed by atoms with van der Waals surface area (Å²) in [7, 11) is 0. The molecule has 2 heterocycles. The molecule has 1 aromatic rings. The zero-order valence-electron chi connectivity index (χ0n) is 18.9. The van der Waals surface area contributed by atoms with E-state index < -0.39 is 17.3 Å². The summed E-state index contributed by atoms with van der Waals surface area (Å²) in [5.74, 6) is -0.815. The first-order chi connectivity index (χ1) is 13.7. The lowest BCUT2D eigenvalue weighted by Gasteiger charge is -2.34. The summed E-state index contributed by atoms with van der Waals surface area (Å²) in [5.41, 5.74) is 0.355. The molecule has 0 bridgehead atoms. The van der Waals surface area contributed by atoms with Crippen molar-refractivity contribution >= 4 is 5.97 Å². The number of aliphatic carboxylic acids is 1. The predicted molar refractivity (Wildman–Crippen MR) is 114 cm³/mol. The number of nitrogens with zero attached hydrogens (tertiary/aromatic N) is 4. The third-order valence-electron chi connectivity index (χ3n) is 6.29. The van der Waals surface area contributed by atoms with Gasteiger partial charge >= 0.3 is 5.97 Å². The van der Waals surface area contributed by atoms with Crippen molar-refractivity contribution in [1.29, 1.82) is 0 Å². The van der Waals surface area contributed by atoms with Crippen LogP contribution in [0.5, 0.6) is 0 Å². The van der Waals surface area contributed by atoms with E-state index in [0.717, 1.165) is 32.6 Å². The summed E-state index contributed by atoms with van der Waals surface area (Å²) in [6.07, 6.45) is 7.56. The fraction of sp³-hybridized carbons (Fsp3) is 0.864. The van der Waals surface area contributed by atoms with Gasteiger partial charge < -0.3 is 15.1 Å². The van der Waals surface area contributed by atoms with E-state index in [2.05, 4.69) is 15.2 Å². The lowest BCUT2D eigenvalue weighted by Crippen LogP contribution is -2.38. The third-order valence-corrected chi connectivity index (χ3v) is 6.29. The van der Waals surface area contributed by atoms with Crippen LogP contribution in [-0.4, -0.2) is 62.3 Å². The van der Waals surface area contributed by atoms with E-state index in [1.807, 2.05) is 34.6 Å². The number of hydrogen-bond donors (Lipinski definition) is 2. The van der Waals surface area contributed by atoms with Crippen molar-refractivity contribution in [3.63, 3.8) is 0 Å². The molecule has 2 aliphatic rings. The Bertz CT molecular complexity index is 641. The molecule has 3 rings (SSSR count). The van der Waals surface area contributed by atoms with E-state index in [-0.39, 0.29) is 5.41 Å². The van der Waals surface area contributed by atoms with Crippen LogP contribution in [0.1, 0.15) is 78.3 Å². The Hall–Kier alpha value is -1.47. The minimum absolute atomic E-state index is 0.206. The molecule has 1 aliphatic carbocycles. The minimum Gasteiger partial charge on any atom is -0.481 e. The van der Waals surface area contributed by atoms with Gasteiger partial charge in [0.1, 0.15) is 5.92 Å². The topological polar surface area (TPSA) is 91.5 Å². The monoisotopic (exact) mass is 408 g/mol. The Morgan fingerprint density at radius 1 is 1.28 bits per heavy atom. The molecule has 0 aromatic carbocycles. The first kappa shape index (κ1) is 23.8. The summed E-state index contributed by atoms with van der Waals surface area (Å²) in [4.78, 5) is 14.1. The van der Waals surface area contributed by atoms with Gasteiger partial charge in [0.2, 0.25) is 0 Å². The second-order valence-electron chi connectivity index (χ2n) is 9.71. The molecule has 2 fully saturated rings. The summed E-state index contributed by atoms with van der Waals surface area (Å²) in [6, 6.07) is 0. The van der Waals surface area contributed by atoms with E-state index in [0.29, 0.717) is 18.2 Å². The molecular formula is C22H40N4O3. The van der Waals surface area contributed by atoms with Gasteiger partial charge in [-0.2, -0.15) is 0 Å². The molecule has 0 radical (unpaired) electrons. The highest BCUT2D eigenvalue weighted by molar-refractivity contribution is 5.76. The number of rotatable bonds is 8. The van der Waals surface area contributed by atoms with Crippen LogP contribution in [0, 0.1) is 16.7 Å². The van der Waals surface area contributed by atoms with Crippen LogP contribution in [-0.2, 0) is 11.3 Å². The molecule has 166 valence electrons. The number of hydrogen-bond acceptors (Lipinski definition) is 5. The van der Waals surface area contributed by atoms with Crippen molar-refractivity contribution in [2.75, 3.05) is 26.2 Å². The van der Waals surface area contributed by atoms with Crippen LogP contribution < -0.4 is 0 Å². The molecule has 0 amide bonds. The Balaban J connectivity index is 0.00000145. The highest BCUT2D eigenvalue weighted by Gasteiger charge is 2.43. The van der Waals surface area contributed by atoms with Gasteiger partial charge in [-0.15, -0.1) is 5.10 Å². The number of aliphatic hydroxyl groups excluding tert-OH is 1. The number of aliphatic hydroxyl groups is 1. The van der Waals surface area contributed by atoms with Gasteiger partial charge in [-0.05, 0) is 56.5 Å². The number of carboxylic acid groups (broad SMARTS) is 1. The van der Waals surface area contributed by atoms with E-state index in [9.17, 15) is 15.0 Å². The molecule has 1 aliphatic heterocycles. The normalized spacial score (nSPS) is 20.6. The molecule has 7 heteroatoms. The molecular weight excluding hydrogens is 368 g/mol.